The lowest BCUT2D eigenvalue weighted by molar-refractivity contribution is -0.121. The standard InChI is InChI=1S/C25H23N5O2/c1-28-13-10-16-17(6-5-9-20(16)28)23(31)30-14-11-25(21(30)22-26-12-15-29(22)2)18-7-3-4-8-19(18)27-24(25)32/h3-10,12-13,15,21H,11,14H2,1-2H3,(H,27,32)/t21-,25+/m0/s1. The van der Waals surface area contributed by atoms with E-state index in [1.54, 1.807) is 6.20 Å². The molecule has 0 bridgehead atoms. The van der Waals surface area contributed by atoms with Crippen LogP contribution in [0.15, 0.2) is 67.1 Å². The average molecular weight is 425 g/mol. The third kappa shape index (κ3) is 2.33. The third-order valence-electron chi connectivity index (χ3n) is 7.11. The number of hydrogen-bond acceptors (Lipinski definition) is 3. The summed E-state index contributed by atoms with van der Waals surface area (Å²) in [4.78, 5) is 33.9. The zero-order valence-electron chi connectivity index (χ0n) is 17.9. The van der Waals surface area contributed by atoms with Gasteiger partial charge in [-0.25, -0.2) is 4.98 Å². The number of hydrogen-bond donors (Lipinski definition) is 1. The molecule has 0 unspecified atom stereocenters. The molecule has 0 saturated carbocycles. The van der Waals surface area contributed by atoms with E-state index in [0.717, 1.165) is 22.2 Å². The number of anilines is 1. The van der Waals surface area contributed by atoms with Gasteiger partial charge in [0, 0.05) is 61.4 Å². The molecule has 1 saturated heterocycles. The van der Waals surface area contributed by atoms with Gasteiger partial charge in [-0.3, -0.25) is 9.59 Å². The minimum Gasteiger partial charge on any atom is -0.351 e. The molecule has 7 nitrogen and oxygen atoms in total. The second-order valence-corrected chi connectivity index (χ2v) is 8.68. The molecule has 2 aromatic carbocycles. The number of rotatable bonds is 2. The van der Waals surface area contributed by atoms with E-state index in [9.17, 15) is 9.59 Å². The molecule has 7 heteroatoms. The Morgan fingerprint density at radius 1 is 1.06 bits per heavy atom. The summed E-state index contributed by atoms with van der Waals surface area (Å²) in [5.74, 6) is 0.562. The number of amides is 2. The second kappa shape index (κ2) is 6.56. The highest BCUT2D eigenvalue weighted by Crippen LogP contribution is 2.54. The number of fused-ring (bicyclic) bond motifs is 3. The smallest absolute Gasteiger partial charge is 0.255 e. The minimum atomic E-state index is -0.865. The Hall–Kier alpha value is -3.87. The minimum absolute atomic E-state index is 0.0695. The summed E-state index contributed by atoms with van der Waals surface area (Å²) >= 11 is 0. The summed E-state index contributed by atoms with van der Waals surface area (Å²) in [6, 6.07) is 15.0. The van der Waals surface area contributed by atoms with Gasteiger partial charge in [0.15, 0.2) is 0 Å². The highest BCUT2D eigenvalue weighted by molar-refractivity contribution is 6.10. The molecule has 0 radical (unpaired) electrons. The van der Waals surface area contributed by atoms with E-state index in [0.29, 0.717) is 24.4 Å². The molecular weight excluding hydrogens is 402 g/mol. The molecule has 2 aliphatic heterocycles. The molecule has 32 heavy (non-hydrogen) atoms. The van der Waals surface area contributed by atoms with Crippen molar-refractivity contribution < 1.29 is 9.59 Å². The maximum Gasteiger partial charge on any atom is 0.255 e. The van der Waals surface area contributed by atoms with Gasteiger partial charge in [0.1, 0.15) is 17.3 Å². The molecule has 1 N–H and O–H groups in total. The first-order valence-electron chi connectivity index (χ1n) is 10.8. The van der Waals surface area contributed by atoms with Crippen LogP contribution in [0.2, 0.25) is 0 Å². The van der Waals surface area contributed by atoms with Gasteiger partial charge >= 0.3 is 0 Å². The SMILES string of the molecule is Cn1ccnc1[C@@H]1N(C(=O)c2cccc3c2ccn3C)CC[C@]12C(=O)Nc1ccccc12. The quantitative estimate of drug-likeness (QED) is 0.535. The number of aryl methyl sites for hydroxylation is 2. The topological polar surface area (TPSA) is 72.2 Å². The van der Waals surface area contributed by atoms with Crippen molar-refractivity contribution in [2.75, 3.05) is 11.9 Å². The number of likely N-dealkylation sites (tertiary alicyclic amines) is 1. The molecule has 2 aliphatic rings. The van der Waals surface area contributed by atoms with Gasteiger partial charge in [0.05, 0.1) is 0 Å². The second-order valence-electron chi connectivity index (χ2n) is 8.68. The fourth-order valence-corrected chi connectivity index (χ4v) is 5.55. The van der Waals surface area contributed by atoms with Crippen LogP contribution in [-0.2, 0) is 24.3 Å². The Morgan fingerprint density at radius 3 is 2.72 bits per heavy atom. The monoisotopic (exact) mass is 425 g/mol. The molecule has 4 heterocycles. The summed E-state index contributed by atoms with van der Waals surface area (Å²) in [5.41, 5.74) is 2.53. The normalized spacial score (nSPS) is 22.0. The van der Waals surface area contributed by atoms with Crippen molar-refractivity contribution in [1.82, 2.24) is 19.0 Å². The van der Waals surface area contributed by atoms with Crippen molar-refractivity contribution in [3.8, 4) is 0 Å². The lowest BCUT2D eigenvalue weighted by Crippen LogP contribution is -2.43. The number of carbonyl (C=O) groups excluding carboxylic acids is 2. The number of carbonyl (C=O) groups is 2. The first-order chi connectivity index (χ1) is 15.5. The molecule has 160 valence electrons. The molecule has 6 rings (SSSR count). The Morgan fingerprint density at radius 2 is 1.91 bits per heavy atom. The van der Waals surface area contributed by atoms with Gasteiger partial charge < -0.3 is 19.4 Å². The lowest BCUT2D eigenvalue weighted by atomic mass is 9.74. The lowest BCUT2D eigenvalue weighted by Gasteiger charge is -2.33. The van der Waals surface area contributed by atoms with E-state index in [1.165, 1.54) is 0 Å². The molecule has 1 spiro atoms. The highest BCUT2D eigenvalue weighted by Gasteiger charge is 2.60. The summed E-state index contributed by atoms with van der Waals surface area (Å²) in [7, 11) is 3.88. The van der Waals surface area contributed by atoms with Crippen LogP contribution in [-0.4, -0.2) is 37.4 Å². The summed E-state index contributed by atoms with van der Waals surface area (Å²) in [6.45, 7) is 0.474. The molecule has 0 aliphatic carbocycles. The Balaban J connectivity index is 1.54. The predicted molar refractivity (Wildman–Crippen MR) is 121 cm³/mol. The third-order valence-corrected chi connectivity index (χ3v) is 7.11. The number of benzene rings is 2. The fraction of sp³-hybridized carbons (Fsp3) is 0.240. The van der Waals surface area contributed by atoms with Crippen molar-refractivity contribution in [3.05, 3.63) is 84.1 Å². The van der Waals surface area contributed by atoms with Crippen molar-refractivity contribution in [2.24, 2.45) is 14.1 Å². The van der Waals surface area contributed by atoms with Gasteiger partial charge in [-0.05, 0) is 36.2 Å². The maximum atomic E-state index is 14.0. The van der Waals surface area contributed by atoms with E-state index in [2.05, 4.69) is 10.3 Å². The Bertz CT molecular complexity index is 1400. The van der Waals surface area contributed by atoms with Crippen LogP contribution in [0.3, 0.4) is 0 Å². The van der Waals surface area contributed by atoms with Gasteiger partial charge in [-0.1, -0.05) is 24.3 Å². The zero-order chi connectivity index (χ0) is 22.0. The van der Waals surface area contributed by atoms with Crippen LogP contribution >= 0.6 is 0 Å². The Labute approximate surface area is 185 Å². The first kappa shape index (κ1) is 18.9. The molecule has 4 aromatic rings. The van der Waals surface area contributed by atoms with Crippen LogP contribution in [0.4, 0.5) is 5.69 Å². The van der Waals surface area contributed by atoms with Gasteiger partial charge in [0.25, 0.3) is 5.91 Å². The highest BCUT2D eigenvalue weighted by atomic mass is 16.2. The summed E-state index contributed by atoms with van der Waals surface area (Å²) in [5, 5.41) is 3.97. The number of aromatic nitrogens is 3. The molecule has 1 fully saturated rings. The average Bonchev–Trinajstić information content (AvgIpc) is 3.55. The maximum absolute atomic E-state index is 14.0. The predicted octanol–water partition coefficient (Wildman–Crippen LogP) is 3.39. The van der Waals surface area contributed by atoms with E-state index in [4.69, 9.17) is 0 Å². The molecule has 2 amide bonds. The number of nitrogens with zero attached hydrogens (tertiary/aromatic N) is 4. The number of imidazole rings is 1. The van der Waals surface area contributed by atoms with E-state index in [1.807, 2.05) is 89.1 Å². The molecule has 2 atom stereocenters. The number of para-hydroxylation sites is 1. The van der Waals surface area contributed by atoms with E-state index >= 15 is 0 Å². The van der Waals surface area contributed by atoms with Gasteiger partial charge in [-0.15, -0.1) is 0 Å². The van der Waals surface area contributed by atoms with Crippen LogP contribution in [0.5, 0.6) is 0 Å². The van der Waals surface area contributed by atoms with E-state index < -0.39 is 11.5 Å². The van der Waals surface area contributed by atoms with Gasteiger partial charge in [-0.2, -0.15) is 0 Å². The van der Waals surface area contributed by atoms with Crippen LogP contribution < -0.4 is 5.32 Å². The first-order valence-corrected chi connectivity index (χ1v) is 10.8. The van der Waals surface area contributed by atoms with Crippen molar-refractivity contribution >= 4 is 28.4 Å². The number of nitrogens with one attached hydrogen (secondary N) is 1. The summed E-state index contributed by atoms with van der Waals surface area (Å²) in [6.07, 6.45) is 6.09. The van der Waals surface area contributed by atoms with Crippen LogP contribution in [0, 0.1) is 0 Å². The summed E-state index contributed by atoms with van der Waals surface area (Å²) < 4.78 is 3.92. The zero-order valence-corrected chi connectivity index (χ0v) is 17.9. The van der Waals surface area contributed by atoms with Crippen molar-refractivity contribution in [1.29, 1.82) is 0 Å². The van der Waals surface area contributed by atoms with Crippen molar-refractivity contribution in [2.45, 2.75) is 17.9 Å². The Kier molecular flexibility index (Phi) is 3.87. The van der Waals surface area contributed by atoms with E-state index in [-0.39, 0.29) is 11.8 Å². The van der Waals surface area contributed by atoms with Crippen LogP contribution in [0.1, 0.15) is 34.2 Å². The largest absolute Gasteiger partial charge is 0.351 e. The van der Waals surface area contributed by atoms with Crippen molar-refractivity contribution in [3.63, 3.8) is 0 Å². The molecule has 2 aromatic heterocycles. The van der Waals surface area contributed by atoms with Gasteiger partial charge in [0.2, 0.25) is 5.91 Å². The fourth-order valence-electron chi connectivity index (χ4n) is 5.55. The molecular formula is C25H23N5O2. The van der Waals surface area contributed by atoms with Crippen LogP contribution in [0.25, 0.3) is 10.9 Å².